The van der Waals surface area contributed by atoms with Gasteiger partial charge in [-0.2, -0.15) is 0 Å². The Morgan fingerprint density at radius 2 is 1.94 bits per heavy atom. The van der Waals surface area contributed by atoms with Gasteiger partial charge in [0.2, 0.25) is 0 Å². The summed E-state index contributed by atoms with van der Waals surface area (Å²) in [5.74, 6) is 0. The number of hydrogen-bond acceptors (Lipinski definition) is 2. The molecule has 1 aromatic carbocycles. The Morgan fingerprint density at radius 3 is 2.62 bits per heavy atom. The lowest BCUT2D eigenvalue weighted by atomic mass is 10.2. The van der Waals surface area contributed by atoms with E-state index < -0.39 is 0 Å². The zero-order valence-electron chi connectivity index (χ0n) is 9.42. The van der Waals surface area contributed by atoms with Gasteiger partial charge in [-0.05, 0) is 41.3 Å². The van der Waals surface area contributed by atoms with Crippen LogP contribution in [-0.4, -0.2) is 43.0 Å². The van der Waals surface area contributed by atoms with E-state index in [0.717, 1.165) is 37.7 Å². The average Bonchev–Trinajstić information content (AvgIpc) is 2.28. The number of likely N-dealkylation sites (N-methyl/N-ethyl adjacent to an activating group) is 1. The summed E-state index contributed by atoms with van der Waals surface area (Å²) in [6.07, 6.45) is 0. The van der Waals surface area contributed by atoms with Crippen LogP contribution in [0.2, 0.25) is 5.02 Å². The minimum atomic E-state index is 0.868. The third-order valence-electron chi connectivity index (χ3n) is 3.02. The summed E-state index contributed by atoms with van der Waals surface area (Å²) in [6.45, 7) is 5.65. The Balaban J connectivity index is 2.01. The highest BCUT2D eigenvalue weighted by molar-refractivity contribution is 14.1. The second-order valence-electron chi connectivity index (χ2n) is 4.29. The van der Waals surface area contributed by atoms with E-state index in [9.17, 15) is 0 Å². The molecule has 0 saturated carbocycles. The van der Waals surface area contributed by atoms with Crippen molar-refractivity contribution in [1.82, 2.24) is 9.80 Å². The van der Waals surface area contributed by atoms with E-state index in [4.69, 9.17) is 11.6 Å². The Labute approximate surface area is 116 Å². The summed E-state index contributed by atoms with van der Waals surface area (Å²) >= 11 is 8.46. The quantitative estimate of drug-likeness (QED) is 0.757. The molecule has 0 aromatic heterocycles. The predicted octanol–water partition coefficient (Wildman–Crippen LogP) is 2.69. The fourth-order valence-electron chi connectivity index (χ4n) is 1.92. The van der Waals surface area contributed by atoms with Crippen molar-refractivity contribution in [1.29, 1.82) is 0 Å². The molecular weight excluding hydrogens is 335 g/mol. The van der Waals surface area contributed by atoms with Crippen molar-refractivity contribution < 1.29 is 0 Å². The number of rotatable bonds is 2. The van der Waals surface area contributed by atoms with E-state index in [1.165, 1.54) is 9.13 Å². The van der Waals surface area contributed by atoms with Crippen LogP contribution in [0.15, 0.2) is 18.2 Å². The van der Waals surface area contributed by atoms with Gasteiger partial charge in [-0.15, -0.1) is 0 Å². The maximum atomic E-state index is 6.12. The van der Waals surface area contributed by atoms with Crippen LogP contribution in [0.25, 0.3) is 0 Å². The monoisotopic (exact) mass is 350 g/mol. The molecule has 0 unspecified atom stereocenters. The van der Waals surface area contributed by atoms with Gasteiger partial charge in [0.25, 0.3) is 0 Å². The molecule has 0 N–H and O–H groups in total. The summed E-state index contributed by atoms with van der Waals surface area (Å²) in [5, 5.41) is 0.868. The summed E-state index contributed by atoms with van der Waals surface area (Å²) in [6, 6.07) is 6.17. The molecule has 1 saturated heterocycles. The molecule has 2 nitrogen and oxygen atoms in total. The zero-order chi connectivity index (χ0) is 11.5. The lowest BCUT2D eigenvalue weighted by Crippen LogP contribution is -2.43. The molecule has 0 radical (unpaired) electrons. The molecule has 0 bridgehead atoms. The zero-order valence-corrected chi connectivity index (χ0v) is 12.3. The van der Waals surface area contributed by atoms with E-state index in [1.54, 1.807) is 0 Å². The summed E-state index contributed by atoms with van der Waals surface area (Å²) < 4.78 is 1.20. The van der Waals surface area contributed by atoms with Crippen molar-refractivity contribution >= 4 is 34.2 Å². The Morgan fingerprint density at radius 1 is 1.25 bits per heavy atom. The second-order valence-corrected chi connectivity index (χ2v) is 5.78. The molecular formula is C12H16ClIN2. The first-order chi connectivity index (χ1) is 7.66. The van der Waals surface area contributed by atoms with Crippen LogP contribution in [0.3, 0.4) is 0 Å². The van der Waals surface area contributed by atoms with Gasteiger partial charge in [-0.1, -0.05) is 23.7 Å². The summed E-state index contributed by atoms with van der Waals surface area (Å²) in [4.78, 5) is 4.87. The Bertz CT molecular complexity index is 362. The average molecular weight is 351 g/mol. The maximum absolute atomic E-state index is 6.12. The van der Waals surface area contributed by atoms with Crippen LogP contribution in [0.5, 0.6) is 0 Å². The molecule has 88 valence electrons. The first-order valence-corrected chi connectivity index (χ1v) is 6.96. The smallest absolute Gasteiger partial charge is 0.0542 e. The largest absolute Gasteiger partial charge is 0.304 e. The van der Waals surface area contributed by atoms with Gasteiger partial charge in [0.1, 0.15) is 0 Å². The fraction of sp³-hybridized carbons (Fsp3) is 0.500. The molecule has 0 aliphatic carbocycles. The molecule has 0 spiro atoms. The number of hydrogen-bond donors (Lipinski definition) is 0. The minimum Gasteiger partial charge on any atom is -0.304 e. The highest BCUT2D eigenvalue weighted by atomic mass is 127. The van der Waals surface area contributed by atoms with Crippen molar-refractivity contribution in [3.05, 3.63) is 32.4 Å². The van der Waals surface area contributed by atoms with Crippen LogP contribution in [-0.2, 0) is 6.54 Å². The van der Waals surface area contributed by atoms with E-state index in [0.29, 0.717) is 0 Å². The van der Waals surface area contributed by atoms with E-state index in [2.05, 4.69) is 45.5 Å². The number of benzene rings is 1. The number of halogens is 2. The topological polar surface area (TPSA) is 6.48 Å². The molecule has 0 atom stereocenters. The molecule has 2 rings (SSSR count). The van der Waals surface area contributed by atoms with Gasteiger partial charge in [0.05, 0.1) is 5.02 Å². The van der Waals surface area contributed by atoms with Gasteiger partial charge in [0, 0.05) is 36.3 Å². The molecule has 1 aliphatic heterocycles. The summed E-state index contributed by atoms with van der Waals surface area (Å²) in [5.41, 5.74) is 1.35. The van der Waals surface area contributed by atoms with E-state index in [-0.39, 0.29) is 0 Å². The van der Waals surface area contributed by atoms with Crippen LogP contribution >= 0.6 is 34.2 Å². The van der Waals surface area contributed by atoms with Crippen molar-refractivity contribution in [2.24, 2.45) is 0 Å². The predicted molar refractivity (Wildman–Crippen MR) is 76.9 cm³/mol. The second kappa shape index (κ2) is 5.67. The van der Waals surface area contributed by atoms with Crippen LogP contribution in [0.1, 0.15) is 5.56 Å². The number of nitrogens with zero attached hydrogens (tertiary/aromatic N) is 2. The van der Waals surface area contributed by atoms with Gasteiger partial charge in [-0.25, -0.2) is 0 Å². The summed E-state index contributed by atoms with van der Waals surface area (Å²) in [7, 11) is 2.18. The van der Waals surface area contributed by atoms with Crippen LogP contribution < -0.4 is 0 Å². The molecule has 4 heteroatoms. The fourth-order valence-corrected chi connectivity index (χ4v) is 2.64. The van der Waals surface area contributed by atoms with Gasteiger partial charge in [-0.3, -0.25) is 4.90 Å². The SMILES string of the molecule is CN1CCN(Cc2cccc(Cl)c2I)CC1. The lowest BCUT2D eigenvalue weighted by Gasteiger charge is -2.32. The molecule has 1 heterocycles. The van der Waals surface area contributed by atoms with Crippen LogP contribution in [0.4, 0.5) is 0 Å². The minimum absolute atomic E-state index is 0.868. The Kier molecular flexibility index (Phi) is 4.47. The first-order valence-electron chi connectivity index (χ1n) is 5.50. The van der Waals surface area contributed by atoms with Gasteiger partial charge >= 0.3 is 0 Å². The van der Waals surface area contributed by atoms with Crippen molar-refractivity contribution in [2.45, 2.75) is 6.54 Å². The normalized spacial score (nSPS) is 18.9. The van der Waals surface area contributed by atoms with Crippen molar-refractivity contribution in [3.8, 4) is 0 Å². The highest BCUT2D eigenvalue weighted by Crippen LogP contribution is 2.23. The first kappa shape index (κ1) is 12.6. The van der Waals surface area contributed by atoms with E-state index in [1.807, 2.05) is 12.1 Å². The molecule has 16 heavy (non-hydrogen) atoms. The van der Waals surface area contributed by atoms with Crippen molar-refractivity contribution in [2.75, 3.05) is 33.2 Å². The maximum Gasteiger partial charge on any atom is 0.0542 e. The molecule has 1 fully saturated rings. The highest BCUT2D eigenvalue weighted by Gasteiger charge is 2.15. The van der Waals surface area contributed by atoms with Crippen molar-refractivity contribution in [3.63, 3.8) is 0 Å². The van der Waals surface area contributed by atoms with Gasteiger partial charge < -0.3 is 4.90 Å². The lowest BCUT2D eigenvalue weighted by molar-refractivity contribution is 0.148. The third kappa shape index (κ3) is 3.09. The number of piperazine rings is 1. The standard InChI is InChI=1S/C12H16ClIN2/c1-15-5-7-16(8-6-15)9-10-3-2-4-11(13)12(10)14/h2-4H,5-9H2,1H3. The molecule has 1 aromatic rings. The van der Waals surface area contributed by atoms with E-state index >= 15 is 0 Å². The Hall–Kier alpha value is 0.160. The van der Waals surface area contributed by atoms with Gasteiger partial charge in [0.15, 0.2) is 0 Å². The molecule has 0 amide bonds. The molecule has 1 aliphatic rings. The third-order valence-corrected chi connectivity index (χ3v) is 4.93. The van der Waals surface area contributed by atoms with Crippen LogP contribution in [0, 0.1) is 3.57 Å².